The molecule has 0 spiro atoms. The van der Waals surface area contributed by atoms with Gasteiger partial charge in [0.05, 0.1) is 17.0 Å². The molecule has 2 heterocycles. The Hall–Kier alpha value is -4.20. The third kappa shape index (κ3) is 4.87. The highest BCUT2D eigenvalue weighted by Crippen LogP contribution is 2.40. The first kappa shape index (κ1) is 26.4. The minimum atomic E-state index is -1.18. The molecule has 0 aromatic heterocycles. The number of benzene rings is 3. The number of hydrazone groups is 1. The Balaban J connectivity index is 1.42. The smallest absolute Gasteiger partial charge is 0.256 e. The van der Waals surface area contributed by atoms with Crippen molar-refractivity contribution in [3.05, 3.63) is 78.4 Å². The quantitative estimate of drug-likeness (QED) is 0.484. The van der Waals surface area contributed by atoms with Crippen molar-refractivity contribution in [2.45, 2.75) is 26.7 Å². The minimum Gasteiger partial charge on any atom is -0.493 e. The van der Waals surface area contributed by atoms with Crippen molar-refractivity contribution in [1.82, 2.24) is 9.91 Å². The summed E-state index contributed by atoms with van der Waals surface area (Å²) in [5.74, 6) is -1.21. The number of nitrogens with zero attached hydrogens (tertiary/aromatic N) is 3. The molecule has 8 heteroatoms. The predicted octanol–water partition coefficient (Wildman–Crippen LogP) is 3.64. The van der Waals surface area contributed by atoms with Crippen molar-refractivity contribution in [3.63, 3.8) is 0 Å². The van der Waals surface area contributed by atoms with E-state index in [1.165, 1.54) is 5.01 Å². The monoisotopic (exact) mass is 526 g/mol. The van der Waals surface area contributed by atoms with Crippen molar-refractivity contribution in [2.24, 2.45) is 27.6 Å². The number of fused-ring (bicyclic) bond motifs is 2. The summed E-state index contributed by atoms with van der Waals surface area (Å²) in [4.78, 5) is 41.9. The summed E-state index contributed by atoms with van der Waals surface area (Å²) in [7, 11) is 1.66. The van der Waals surface area contributed by atoms with Crippen LogP contribution in [0.5, 0.6) is 5.75 Å². The molecule has 0 aliphatic carbocycles. The van der Waals surface area contributed by atoms with Crippen LogP contribution in [0.4, 0.5) is 0 Å². The Morgan fingerprint density at radius 2 is 1.74 bits per heavy atom. The number of hydrogen-bond acceptors (Lipinski definition) is 5. The molecule has 1 fully saturated rings. The van der Waals surface area contributed by atoms with Gasteiger partial charge in [0.25, 0.3) is 5.91 Å². The van der Waals surface area contributed by atoms with Gasteiger partial charge in [-0.2, -0.15) is 5.10 Å². The second kappa shape index (κ2) is 10.2. The number of piperidine rings is 1. The van der Waals surface area contributed by atoms with Crippen LogP contribution in [-0.2, 0) is 20.8 Å². The SMILES string of the molecule is CN1N=C2CCN(C(=O)[C@@H](COc3ccc4ccccc4c3)C(C)(C)C(N)=O)C[C@@]2(Cc2ccccc2)C1=O. The van der Waals surface area contributed by atoms with E-state index < -0.39 is 22.7 Å². The first-order valence-electron chi connectivity index (χ1n) is 13.2. The molecule has 0 bridgehead atoms. The van der Waals surface area contributed by atoms with E-state index >= 15 is 0 Å². The lowest BCUT2D eigenvalue weighted by Crippen LogP contribution is -2.58. The van der Waals surface area contributed by atoms with Crippen LogP contribution in [0.2, 0.25) is 0 Å². The van der Waals surface area contributed by atoms with Gasteiger partial charge in [-0.05, 0) is 34.9 Å². The molecule has 202 valence electrons. The number of carbonyl (C=O) groups is 3. The van der Waals surface area contributed by atoms with E-state index in [1.807, 2.05) is 72.8 Å². The Morgan fingerprint density at radius 3 is 2.46 bits per heavy atom. The van der Waals surface area contributed by atoms with Gasteiger partial charge in [-0.1, -0.05) is 74.5 Å². The molecular weight excluding hydrogens is 492 g/mol. The first-order valence-corrected chi connectivity index (χ1v) is 13.2. The Labute approximate surface area is 228 Å². The number of rotatable bonds is 8. The van der Waals surface area contributed by atoms with Crippen LogP contribution in [0.3, 0.4) is 0 Å². The third-order valence-electron chi connectivity index (χ3n) is 8.21. The average molecular weight is 527 g/mol. The highest BCUT2D eigenvalue weighted by Gasteiger charge is 2.54. The number of nitrogens with two attached hydrogens (primary N) is 1. The fourth-order valence-electron chi connectivity index (χ4n) is 5.63. The van der Waals surface area contributed by atoms with E-state index in [9.17, 15) is 14.4 Å². The zero-order valence-corrected chi connectivity index (χ0v) is 22.6. The topological polar surface area (TPSA) is 105 Å². The fraction of sp³-hybridized carbons (Fsp3) is 0.355. The van der Waals surface area contributed by atoms with Gasteiger partial charge in [0.15, 0.2) is 0 Å². The van der Waals surface area contributed by atoms with Crippen LogP contribution < -0.4 is 10.5 Å². The number of hydrogen-bond donors (Lipinski definition) is 1. The van der Waals surface area contributed by atoms with Crippen LogP contribution in [0.25, 0.3) is 10.8 Å². The molecule has 0 radical (unpaired) electrons. The fourth-order valence-corrected chi connectivity index (χ4v) is 5.63. The number of likely N-dealkylation sites (tertiary alicyclic amines) is 1. The lowest BCUT2D eigenvalue weighted by atomic mass is 9.72. The highest BCUT2D eigenvalue weighted by molar-refractivity contribution is 6.13. The molecular formula is C31H34N4O4. The van der Waals surface area contributed by atoms with E-state index in [0.717, 1.165) is 22.0 Å². The van der Waals surface area contributed by atoms with Gasteiger partial charge < -0.3 is 15.4 Å². The second-order valence-corrected chi connectivity index (χ2v) is 11.1. The Bertz CT molecular complexity index is 1450. The summed E-state index contributed by atoms with van der Waals surface area (Å²) < 4.78 is 6.12. The summed E-state index contributed by atoms with van der Waals surface area (Å²) >= 11 is 0. The van der Waals surface area contributed by atoms with Gasteiger partial charge in [0.1, 0.15) is 17.8 Å². The maximum absolute atomic E-state index is 14.1. The zero-order valence-electron chi connectivity index (χ0n) is 22.6. The van der Waals surface area contributed by atoms with Gasteiger partial charge in [0, 0.05) is 26.6 Å². The molecule has 3 aromatic carbocycles. The summed E-state index contributed by atoms with van der Waals surface area (Å²) in [6, 6.07) is 23.4. The lowest BCUT2D eigenvalue weighted by Gasteiger charge is -2.42. The molecule has 2 atom stereocenters. The minimum absolute atomic E-state index is 0.0237. The lowest BCUT2D eigenvalue weighted by molar-refractivity contribution is -0.149. The standard InChI is InChI=1S/C31H34N4O4/c1-30(2,28(32)37)25(19-39-24-14-13-22-11-7-8-12-23(22)17-24)27(36)35-16-15-26-31(20-35,29(38)34(3)33-26)18-21-9-5-4-6-10-21/h4-14,17,25H,15-16,18-20H2,1-3H3,(H2,32,37)/t25-,31-/m1/s1. The predicted molar refractivity (Wildman–Crippen MR) is 150 cm³/mol. The maximum atomic E-state index is 14.1. The molecule has 5 rings (SSSR count). The molecule has 39 heavy (non-hydrogen) atoms. The van der Waals surface area contributed by atoms with Crippen LogP contribution in [0.1, 0.15) is 25.8 Å². The Morgan fingerprint density at radius 1 is 1.05 bits per heavy atom. The van der Waals surface area contributed by atoms with Crippen molar-refractivity contribution in [1.29, 1.82) is 0 Å². The van der Waals surface area contributed by atoms with Gasteiger partial charge >= 0.3 is 0 Å². The molecule has 2 N–H and O–H groups in total. The largest absolute Gasteiger partial charge is 0.493 e. The third-order valence-corrected chi connectivity index (χ3v) is 8.21. The molecule has 1 saturated heterocycles. The van der Waals surface area contributed by atoms with Crippen molar-refractivity contribution in [2.75, 3.05) is 26.7 Å². The summed E-state index contributed by atoms with van der Waals surface area (Å²) in [5, 5.41) is 8.02. The molecule has 2 aliphatic heterocycles. The van der Waals surface area contributed by atoms with Gasteiger partial charge in [-0.3, -0.25) is 14.4 Å². The molecule has 2 aliphatic rings. The van der Waals surface area contributed by atoms with E-state index in [1.54, 1.807) is 25.8 Å². The van der Waals surface area contributed by atoms with Gasteiger partial charge in [-0.15, -0.1) is 0 Å². The molecule has 8 nitrogen and oxygen atoms in total. The summed E-state index contributed by atoms with van der Waals surface area (Å²) in [6.07, 6.45) is 0.918. The maximum Gasteiger partial charge on any atom is 0.256 e. The van der Waals surface area contributed by atoms with Crippen LogP contribution in [0.15, 0.2) is 77.9 Å². The average Bonchev–Trinajstić information content (AvgIpc) is 3.17. The highest BCUT2D eigenvalue weighted by atomic mass is 16.5. The molecule has 3 amide bonds. The van der Waals surface area contributed by atoms with Crippen molar-refractivity contribution < 1.29 is 19.1 Å². The van der Waals surface area contributed by atoms with Crippen LogP contribution in [-0.4, -0.2) is 60.1 Å². The summed E-state index contributed by atoms with van der Waals surface area (Å²) in [5.41, 5.74) is 5.47. The van der Waals surface area contributed by atoms with Crippen LogP contribution in [0, 0.1) is 16.7 Å². The second-order valence-electron chi connectivity index (χ2n) is 11.1. The van der Waals surface area contributed by atoms with Crippen molar-refractivity contribution in [3.8, 4) is 5.75 Å². The molecule has 0 saturated carbocycles. The van der Waals surface area contributed by atoms with Crippen molar-refractivity contribution >= 4 is 34.2 Å². The molecule has 0 unspecified atom stereocenters. The molecule has 3 aromatic rings. The summed E-state index contributed by atoms with van der Waals surface area (Å²) in [6.45, 7) is 3.91. The first-order chi connectivity index (χ1) is 18.6. The van der Waals surface area contributed by atoms with E-state index in [2.05, 4.69) is 5.10 Å². The van der Waals surface area contributed by atoms with Crippen LogP contribution >= 0.6 is 0 Å². The van der Waals surface area contributed by atoms with E-state index in [-0.39, 0.29) is 25.0 Å². The van der Waals surface area contributed by atoms with E-state index in [4.69, 9.17) is 10.5 Å². The number of ether oxygens (including phenoxy) is 1. The van der Waals surface area contributed by atoms with E-state index in [0.29, 0.717) is 25.1 Å². The number of primary amides is 1. The number of carbonyl (C=O) groups excluding carboxylic acids is 3. The number of amides is 3. The van der Waals surface area contributed by atoms with Gasteiger partial charge in [0.2, 0.25) is 11.8 Å². The zero-order chi connectivity index (χ0) is 27.8. The Kier molecular flexibility index (Phi) is 6.89. The normalized spacial score (nSPS) is 20.0. The van der Waals surface area contributed by atoms with Gasteiger partial charge in [-0.25, -0.2) is 5.01 Å².